The topological polar surface area (TPSA) is 79.9 Å². The van der Waals surface area contributed by atoms with Crippen LogP contribution in [0.5, 0.6) is 0 Å². The Bertz CT molecular complexity index is 325. The summed E-state index contributed by atoms with van der Waals surface area (Å²) in [7, 11) is 0. The van der Waals surface area contributed by atoms with E-state index >= 15 is 0 Å². The van der Waals surface area contributed by atoms with Crippen molar-refractivity contribution in [3.05, 3.63) is 6.33 Å². The van der Waals surface area contributed by atoms with Crippen LogP contribution < -0.4 is 5.32 Å². The molecule has 1 saturated heterocycles. The van der Waals surface area contributed by atoms with Crippen LogP contribution in [0.15, 0.2) is 6.33 Å². The van der Waals surface area contributed by atoms with Gasteiger partial charge in [0.2, 0.25) is 11.9 Å². The molecule has 1 fully saturated rings. The standard InChI is InChI=1S/C9H14N4O2/c1-2-7-6(3-4-15-7)8(14)12-9-10-5-11-13-9/h5-7H,2-4H2,1H3,(H2,10,11,12,13,14). The van der Waals surface area contributed by atoms with Gasteiger partial charge in [0.15, 0.2) is 0 Å². The van der Waals surface area contributed by atoms with Crippen molar-refractivity contribution in [2.45, 2.75) is 25.9 Å². The SMILES string of the molecule is CCC1OCCC1C(=O)Nc1ncn[nH]1. The molecule has 15 heavy (non-hydrogen) atoms. The third-order valence-corrected chi connectivity index (χ3v) is 2.61. The van der Waals surface area contributed by atoms with E-state index in [1.54, 1.807) is 0 Å². The van der Waals surface area contributed by atoms with Crippen molar-refractivity contribution in [3.8, 4) is 0 Å². The minimum atomic E-state index is -0.0694. The number of amides is 1. The second-order valence-electron chi connectivity index (χ2n) is 3.54. The van der Waals surface area contributed by atoms with Gasteiger partial charge in [-0.2, -0.15) is 10.1 Å². The molecule has 2 N–H and O–H groups in total. The van der Waals surface area contributed by atoms with Gasteiger partial charge in [-0.15, -0.1) is 0 Å². The quantitative estimate of drug-likeness (QED) is 0.763. The molecule has 82 valence electrons. The third kappa shape index (κ3) is 2.15. The summed E-state index contributed by atoms with van der Waals surface area (Å²) in [6.07, 6.45) is 3.03. The number of aromatic nitrogens is 3. The highest BCUT2D eigenvalue weighted by atomic mass is 16.5. The van der Waals surface area contributed by atoms with Gasteiger partial charge in [0.05, 0.1) is 12.0 Å². The Morgan fingerprint density at radius 3 is 3.33 bits per heavy atom. The monoisotopic (exact) mass is 210 g/mol. The molecule has 1 aromatic heterocycles. The zero-order valence-electron chi connectivity index (χ0n) is 8.56. The third-order valence-electron chi connectivity index (χ3n) is 2.61. The summed E-state index contributed by atoms with van der Waals surface area (Å²) in [4.78, 5) is 15.6. The Hall–Kier alpha value is -1.43. The normalized spacial score (nSPS) is 25.4. The second-order valence-corrected chi connectivity index (χ2v) is 3.54. The molecule has 1 aromatic rings. The number of ether oxygens (including phenoxy) is 1. The van der Waals surface area contributed by atoms with Crippen LogP contribution in [0.4, 0.5) is 5.95 Å². The number of rotatable bonds is 3. The van der Waals surface area contributed by atoms with Crippen molar-refractivity contribution in [1.82, 2.24) is 15.2 Å². The van der Waals surface area contributed by atoms with Crippen LogP contribution in [0, 0.1) is 5.92 Å². The Morgan fingerprint density at radius 2 is 2.67 bits per heavy atom. The Kier molecular flexibility index (Phi) is 2.96. The first-order valence-corrected chi connectivity index (χ1v) is 5.09. The first kappa shape index (κ1) is 10.1. The van der Waals surface area contributed by atoms with E-state index in [0.29, 0.717) is 12.6 Å². The highest BCUT2D eigenvalue weighted by molar-refractivity contribution is 5.91. The van der Waals surface area contributed by atoms with Gasteiger partial charge >= 0.3 is 0 Å². The minimum absolute atomic E-state index is 0.0351. The molecular weight excluding hydrogens is 196 g/mol. The molecule has 1 amide bonds. The molecule has 0 radical (unpaired) electrons. The van der Waals surface area contributed by atoms with E-state index in [9.17, 15) is 4.79 Å². The summed E-state index contributed by atoms with van der Waals surface area (Å²) < 4.78 is 5.45. The summed E-state index contributed by atoms with van der Waals surface area (Å²) in [5, 5.41) is 8.93. The molecule has 2 heterocycles. The number of anilines is 1. The Morgan fingerprint density at radius 1 is 1.80 bits per heavy atom. The zero-order valence-corrected chi connectivity index (χ0v) is 8.56. The summed E-state index contributed by atoms with van der Waals surface area (Å²) >= 11 is 0. The number of H-pyrrole nitrogens is 1. The fraction of sp³-hybridized carbons (Fsp3) is 0.667. The average molecular weight is 210 g/mol. The molecule has 0 aromatic carbocycles. The Labute approximate surface area is 87.4 Å². The van der Waals surface area contributed by atoms with E-state index in [2.05, 4.69) is 20.5 Å². The van der Waals surface area contributed by atoms with Crippen molar-refractivity contribution in [1.29, 1.82) is 0 Å². The Balaban J connectivity index is 1.96. The van der Waals surface area contributed by atoms with Crippen molar-refractivity contribution in [2.75, 3.05) is 11.9 Å². The number of nitrogens with zero attached hydrogens (tertiary/aromatic N) is 2. The van der Waals surface area contributed by atoms with Crippen molar-refractivity contribution >= 4 is 11.9 Å². The van der Waals surface area contributed by atoms with Gasteiger partial charge in [-0.25, -0.2) is 5.10 Å². The van der Waals surface area contributed by atoms with Gasteiger partial charge < -0.3 is 4.74 Å². The van der Waals surface area contributed by atoms with Gasteiger partial charge in [-0.3, -0.25) is 10.1 Å². The fourth-order valence-corrected chi connectivity index (χ4v) is 1.83. The van der Waals surface area contributed by atoms with E-state index < -0.39 is 0 Å². The molecule has 2 atom stereocenters. The van der Waals surface area contributed by atoms with Gasteiger partial charge in [0, 0.05) is 6.61 Å². The molecule has 0 saturated carbocycles. The number of nitrogens with one attached hydrogen (secondary N) is 2. The lowest BCUT2D eigenvalue weighted by Gasteiger charge is -2.14. The van der Waals surface area contributed by atoms with Crippen LogP contribution in [-0.2, 0) is 9.53 Å². The first-order valence-electron chi connectivity index (χ1n) is 5.09. The van der Waals surface area contributed by atoms with Crippen LogP contribution in [0.3, 0.4) is 0 Å². The van der Waals surface area contributed by atoms with Crippen LogP contribution in [0.25, 0.3) is 0 Å². The zero-order chi connectivity index (χ0) is 10.7. The van der Waals surface area contributed by atoms with Crippen LogP contribution in [0.2, 0.25) is 0 Å². The number of carbonyl (C=O) groups is 1. The smallest absolute Gasteiger partial charge is 0.232 e. The molecule has 0 spiro atoms. The highest BCUT2D eigenvalue weighted by Crippen LogP contribution is 2.24. The molecule has 1 aliphatic rings. The maximum atomic E-state index is 11.8. The van der Waals surface area contributed by atoms with Crippen LogP contribution in [-0.4, -0.2) is 33.8 Å². The second kappa shape index (κ2) is 4.39. The van der Waals surface area contributed by atoms with Gasteiger partial charge in [-0.1, -0.05) is 6.92 Å². The van der Waals surface area contributed by atoms with Crippen molar-refractivity contribution < 1.29 is 9.53 Å². The highest BCUT2D eigenvalue weighted by Gasteiger charge is 2.32. The number of aromatic amines is 1. The average Bonchev–Trinajstić information content (AvgIpc) is 2.86. The molecular formula is C9H14N4O2. The van der Waals surface area contributed by atoms with Crippen LogP contribution >= 0.6 is 0 Å². The van der Waals surface area contributed by atoms with Crippen molar-refractivity contribution in [2.24, 2.45) is 5.92 Å². The largest absolute Gasteiger partial charge is 0.377 e. The molecule has 1 aliphatic heterocycles. The van der Waals surface area contributed by atoms with Crippen LogP contribution in [0.1, 0.15) is 19.8 Å². The molecule has 6 heteroatoms. The van der Waals surface area contributed by atoms with Gasteiger partial charge in [0.25, 0.3) is 0 Å². The maximum absolute atomic E-state index is 11.8. The molecule has 0 aliphatic carbocycles. The fourth-order valence-electron chi connectivity index (χ4n) is 1.83. The lowest BCUT2D eigenvalue weighted by Crippen LogP contribution is -2.29. The molecule has 2 rings (SSSR count). The molecule has 2 unspecified atom stereocenters. The van der Waals surface area contributed by atoms with E-state index in [0.717, 1.165) is 12.8 Å². The van der Waals surface area contributed by atoms with E-state index in [1.807, 2.05) is 6.92 Å². The van der Waals surface area contributed by atoms with E-state index in [4.69, 9.17) is 4.74 Å². The predicted molar refractivity (Wildman–Crippen MR) is 53.2 cm³/mol. The van der Waals surface area contributed by atoms with Crippen molar-refractivity contribution in [3.63, 3.8) is 0 Å². The van der Waals surface area contributed by atoms with Gasteiger partial charge in [-0.05, 0) is 12.8 Å². The number of hydrogen-bond donors (Lipinski definition) is 2. The van der Waals surface area contributed by atoms with E-state index in [1.165, 1.54) is 6.33 Å². The summed E-state index contributed by atoms with van der Waals surface area (Å²) in [5.74, 6) is 0.276. The minimum Gasteiger partial charge on any atom is -0.377 e. The maximum Gasteiger partial charge on any atom is 0.232 e. The summed E-state index contributed by atoms with van der Waals surface area (Å²) in [6, 6.07) is 0. The molecule has 0 bridgehead atoms. The lowest BCUT2D eigenvalue weighted by molar-refractivity contribution is -0.121. The number of hydrogen-bond acceptors (Lipinski definition) is 4. The number of carbonyl (C=O) groups excluding carboxylic acids is 1. The molecule has 6 nitrogen and oxygen atoms in total. The predicted octanol–water partition coefficient (Wildman–Crippen LogP) is 0.558. The summed E-state index contributed by atoms with van der Waals surface area (Å²) in [5.41, 5.74) is 0. The lowest BCUT2D eigenvalue weighted by atomic mass is 9.99. The van der Waals surface area contributed by atoms with Gasteiger partial charge in [0.1, 0.15) is 6.33 Å². The summed E-state index contributed by atoms with van der Waals surface area (Å²) in [6.45, 7) is 2.68. The van der Waals surface area contributed by atoms with E-state index in [-0.39, 0.29) is 17.9 Å². The first-order chi connectivity index (χ1) is 7.31.